The molecule has 1 saturated carbocycles. The van der Waals surface area contributed by atoms with Gasteiger partial charge in [-0.25, -0.2) is 18.6 Å². The molecule has 0 spiro atoms. The van der Waals surface area contributed by atoms with Crippen LogP contribution in [-0.2, 0) is 6.54 Å². The molecule has 1 aliphatic carbocycles. The number of rotatable bonds is 5. The Kier molecular flexibility index (Phi) is 4.19. The van der Waals surface area contributed by atoms with Crippen LogP contribution >= 0.6 is 0 Å². The molecule has 9 heteroatoms. The predicted molar refractivity (Wildman–Crippen MR) is 64.1 cm³/mol. The van der Waals surface area contributed by atoms with E-state index in [9.17, 15) is 22.4 Å². The van der Waals surface area contributed by atoms with E-state index in [1.54, 1.807) is 0 Å². The second kappa shape index (κ2) is 5.74. The van der Waals surface area contributed by atoms with Gasteiger partial charge in [-0.05, 0) is 11.6 Å². The van der Waals surface area contributed by atoms with Crippen molar-refractivity contribution in [1.29, 1.82) is 0 Å². The number of hydrogen-bond donors (Lipinski definition) is 2. The Bertz CT molecular complexity index is 527. The third-order valence-corrected chi connectivity index (χ3v) is 3.16. The van der Waals surface area contributed by atoms with Crippen LogP contribution in [0, 0.1) is 5.92 Å². The van der Waals surface area contributed by atoms with Gasteiger partial charge in [0.25, 0.3) is 5.92 Å². The first-order chi connectivity index (χ1) is 9.80. The fourth-order valence-corrected chi connectivity index (χ4v) is 1.79. The highest BCUT2D eigenvalue weighted by Gasteiger charge is 2.66. The number of amides is 2. The second-order valence-corrected chi connectivity index (χ2v) is 4.65. The molecular formula is C12H13F4N3O2. The lowest BCUT2D eigenvalue weighted by Gasteiger charge is -2.08. The summed E-state index contributed by atoms with van der Waals surface area (Å²) >= 11 is 0. The van der Waals surface area contributed by atoms with Gasteiger partial charge in [0.15, 0.2) is 0 Å². The number of halogens is 4. The topological polar surface area (TPSA) is 63.2 Å². The molecule has 1 aromatic heterocycles. The van der Waals surface area contributed by atoms with Crippen LogP contribution in [0.4, 0.5) is 22.4 Å². The van der Waals surface area contributed by atoms with Crippen LogP contribution in [0.25, 0.3) is 0 Å². The van der Waals surface area contributed by atoms with E-state index in [0.29, 0.717) is 5.56 Å². The lowest BCUT2D eigenvalue weighted by molar-refractivity contribution is -0.0529. The van der Waals surface area contributed by atoms with Crippen molar-refractivity contribution < 1.29 is 27.1 Å². The van der Waals surface area contributed by atoms with E-state index in [1.165, 1.54) is 25.3 Å². The minimum absolute atomic E-state index is 0.0272. The van der Waals surface area contributed by atoms with Gasteiger partial charge in [-0.2, -0.15) is 8.78 Å². The average molecular weight is 307 g/mol. The molecule has 2 atom stereocenters. The summed E-state index contributed by atoms with van der Waals surface area (Å²) in [5.41, 5.74) is 0.450. The largest absolute Gasteiger partial charge is 0.417 e. The number of nitrogens with zero attached hydrogens (tertiary/aromatic N) is 1. The van der Waals surface area contributed by atoms with Crippen LogP contribution in [-0.4, -0.2) is 29.6 Å². The van der Waals surface area contributed by atoms with Gasteiger partial charge in [-0.3, -0.25) is 0 Å². The van der Waals surface area contributed by atoms with Gasteiger partial charge in [0.1, 0.15) is 6.04 Å². The lowest BCUT2D eigenvalue weighted by Crippen LogP contribution is -2.38. The number of urea groups is 1. The second-order valence-electron chi connectivity index (χ2n) is 4.65. The van der Waals surface area contributed by atoms with Crippen LogP contribution in [0.1, 0.15) is 12.5 Å². The van der Waals surface area contributed by atoms with Crippen molar-refractivity contribution in [3.05, 3.63) is 23.9 Å². The number of nitrogens with one attached hydrogen (secondary N) is 2. The monoisotopic (exact) mass is 307 g/mol. The molecule has 1 fully saturated rings. The highest BCUT2D eigenvalue weighted by molar-refractivity contribution is 5.75. The summed E-state index contributed by atoms with van der Waals surface area (Å²) in [7, 11) is 0. The van der Waals surface area contributed by atoms with Crippen molar-refractivity contribution in [2.45, 2.75) is 32.0 Å². The standard InChI is InChI=1S/C12H13F4N3O2/c1-6-9(12(6,15)16)19-11(20)18-5-7-2-3-17-8(4-7)21-10(13)14/h2-4,6,9-10H,5H2,1H3,(H2,18,19,20). The maximum atomic E-state index is 12.9. The molecule has 0 aliphatic heterocycles. The Morgan fingerprint density at radius 1 is 1.52 bits per heavy atom. The van der Waals surface area contributed by atoms with Crippen molar-refractivity contribution in [1.82, 2.24) is 15.6 Å². The Morgan fingerprint density at radius 2 is 2.19 bits per heavy atom. The molecule has 116 valence electrons. The molecule has 2 amide bonds. The van der Waals surface area contributed by atoms with Crippen LogP contribution in [0.2, 0.25) is 0 Å². The maximum absolute atomic E-state index is 12.9. The van der Waals surface area contributed by atoms with E-state index in [-0.39, 0.29) is 12.4 Å². The average Bonchev–Trinajstić information content (AvgIpc) is 2.86. The summed E-state index contributed by atoms with van der Waals surface area (Å²) in [5.74, 6) is -4.06. The third-order valence-electron chi connectivity index (χ3n) is 3.16. The van der Waals surface area contributed by atoms with Crippen LogP contribution < -0.4 is 15.4 Å². The van der Waals surface area contributed by atoms with Crippen LogP contribution in [0.5, 0.6) is 5.88 Å². The maximum Gasteiger partial charge on any atom is 0.388 e. The molecule has 2 N–H and O–H groups in total. The van der Waals surface area contributed by atoms with Gasteiger partial charge in [-0.1, -0.05) is 6.92 Å². The summed E-state index contributed by atoms with van der Waals surface area (Å²) < 4.78 is 54.0. The van der Waals surface area contributed by atoms with Gasteiger partial charge in [-0.15, -0.1) is 0 Å². The smallest absolute Gasteiger partial charge is 0.388 e. The van der Waals surface area contributed by atoms with Gasteiger partial charge in [0.2, 0.25) is 5.88 Å². The van der Waals surface area contributed by atoms with E-state index in [0.717, 1.165) is 0 Å². The van der Waals surface area contributed by atoms with E-state index in [1.807, 2.05) is 0 Å². The van der Waals surface area contributed by atoms with Gasteiger partial charge in [0.05, 0.1) is 0 Å². The van der Waals surface area contributed by atoms with Gasteiger partial charge in [0, 0.05) is 24.7 Å². The molecule has 2 rings (SSSR count). The van der Waals surface area contributed by atoms with E-state index < -0.39 is 30.5 Å². The number of ether oxygens (including phenoxy) is 1. The molecule has 21 heavy (non-hydrogen) atoms. The Hall–Kier alpha value is -2.06. The summed E-state index contributed by atoms with van der Waals surface area (Å²) in [6.45, 7) is -1.69. The fraction of sp³-hybridized carbons (Fsp3) is 0.500. The Morgan fingerprint density at radius 3 is 2.76 bits per heavy atom. The Labute approximate surface area is 117 Å². The highest BCUT2D eigenvalue weighted by Crippen LogP contribution is 2.48. The normalized spacial score (nSPS) is 22.8. The molecule has 2 unspecified atom stereocenters. The zero-order valence-corrected chi connectivity index (χ0v) is 10.9. The summed E-state index contributed by atoms with van der Waals surface area (Å²) in [6.07, 6.45) is 1.24. The number of aromatic nitrogens is 1. The van der Waals surface area contributed by atoms with Gasteiger partial charge < -0.3 is 15.4 Å². The third kappa shape index (κ3) is 3.73. The quantitative estimate of drug-likeness (QED) is 0.819. The minimum atomic E-state index is -3.00. The van der Waals surface area contributed by atoms with Gasteiger partial charge >= 0.3 is 12.6 Å². The predicted octanol–water partition coefficient (Wildman–Crippen LogP) is 2.14. The molecule has 1 heterocycles. The molecular weight excluding hydrogens is 294 g/mol. The number of pyridine rings is 1. The Balaban J connectivity index is 1.81. The number of carbonyl (C=O) groups is 1. The van der Waals surface area contributed by atoms with Crippen LogP contribution in [0.3, 0.4) is 0 Å². The van der Waals surface area contributed by atoms with Crippen LogP contribution in [0.15, 0.2) is 18.3 Å². The molecule has 0 saturated heterocycles. The minimum Gasteiger partial charge on any atom is -0.417 e. The molecule has 1 aromatic rings. The molecule has 1 aliphatic rings. The zero-order chi connectivity index (χ0) is 15.6. The van der Waals surface area contributed by atoms with E-state index >= 15 is 0 Å². The first-order valence-corrected chi connectivity index (χ1v) is 6.12. The molecule has 0 aromatic carbocycles. The SMILES string of the molecule is CC1C(NC(=O)NCc2ccnc(OC(F)F)c2)C1(F)F. The zero-order valence-electron chi connectivity index (χ0n) is 10.9. The summed E-state index contributed by atoms with van der Waals surface area (Å²) in [4.78, 5) is 15.0. The first-order valence-electron chi connectivity index (χ1n) is 6.12. The fourth-order valence-electron chi connectivity index (χ4n) is 1.79. The number of hydrogen-bond acceptors (Lipinski definition) is 3. The van der Waals surface area contributed by atoms with Crippen molar-refractivity contribution in [3.63, 3.8) is 0 Å². The summed E-state index contributed by atoms with van der Waals surface area (Å²) in [5, 5.41) is 4.50. The number of alkyl halides is 4. The van der Waals surface area contributed by atoms with Crippen molar-refractivity contribution in [2.75, 3.05) is 0 Å². The number of carbonyl (C=O) groups excluding carboxylic acids is 1. The highest BCUT2D eigenvalue weighted by atomic mass is 19.3. The van der Waals surface area contributed by atoms with Crippen molar-refractivity contribution in [3.8, 4) is 5.88 Å². The molecule has 5 nitrogen and oxygen atoms in total. The van der Waals surface area contributed by atoms with E-state index in [4.69, 9.17) is 0 Å². The molecule has 0 radical (unpaired) electrons. The lowest BCUT2D eigenvalue weighted by atomic mass is 10.2. The molecule has 0 bridgehead atoms. The summed E-state index contributed by atoms with van der Waals surface area (Å²) in [6, 6.07) is 0.776. The van der Waals surface area contributed by atoms with E-state index in [2.05, 4.69) is 20.4 Å². The van der Waals surface area contributed by atoms with Crippen molar-refractivity contribution in [2.24, 2.45) is 5.92 Å². The first kappa shape index (κ1) is 15.3. The van der Waals surface area contributed by atoms with Crippen molar-refractivity contribution >= 4 is 6.03 Å².